The van der Waals surface area contributed by atoms with Crippen LogP contribution in [0.15, 0.2) is 13.9 Å². The van der Waals surface area contributed by atoms with E-state index in [0.29, 0.717) is 33.1 Å². The molecule has 0 spiro atoms. The van der Waals surface area contributed by atoms with E-state index < -0.39 is 5.91 Å². The minimum atomic E-state index is -0.416. The van der Waals surface area contributed by atoms with Crippen LogP contribution in [-0.2, 0) is 4.79 Å². The SMILES string of the molecule is CC[C@H]1SC(=NC(=O)c2c(C)oc(C)c2Br)NC1=O. The molecular weight excluding hydrogens is 332 g/mol. The van der Waals surface area contributed by atoms with E-state index in [4.69, 9.17) is 4.42 Å². The van der Waals surface area contributed by atoms with E-state index in [2.05, 4.69) is 26.2 Å². The second-order valence-electron chi connectivity index (χ2n) is 4.13. The molecule has 1 aliphatic rings. The van der Waals surface area contributed by atoms with Gasteiger partial charge in [0.1, 0.15) is 11.5 Å². The monoisotopic (exact) mass is 344 g/mol. The highest BCUT2D eigenvalue weighted by molar-refractivity contribution is 9.10. The van der Waals surface area contributed by atoms with Crippen LogP contribution in [0.25, 0.3) is 0 Å². The Hall–Kier alpha value is -1.08. The van der Waals surface area contributed by atoms with Gasteiger partial charge in [-0.05, 0) is 36.2 Å². The van der Waals surface area contributed by atoms with Crippen molar-refractivity contribution < 1.29 is 14.0 Å². The van der Waals surface area contributed by atoms with Gasteiger partial charge in [-0.15, -0.1) is 0 Å². The van der Waals surface area contributed by atoms with E-state index in [9.17, 15) is 9.59 Å². The van der Waals surface area contributed by atoms with Gasteiger partial charge in [0, 0.05) is 0 Å². The molecule has 0 unspecified atom stereocenters. The molecular formula is C12H13BrN2O3S. The van der Waals surface area contributed by atoms with Gasteiger partial charge in [0.15, 0.2) is 5.17 Å². The zero-order chi connectivity index (χ0) is 14.2. The lowest BCUT2D eigenvalue weighted by atomic mass is 10.2. The summed E-state index contributed by atoms with van der Waals surface area (Å²) in [6.07, 6.45) is 0.706. The van der Waals surface area contributed by atoms with Gasteiger partial charge in [-0.25, -0.2) is 0 Å². The van der Waals surface area contributed by atoms with Crippen molar-refractivity contribution in [1.82, 2.24) is 5.32 Å². The second-order valence-corrected chi connectivity index (χ2v) is 6.11. The van der Waals surface area contributed by atoms with Crippen LogP contribution in [0.4, 0.5) is 0 Å². The minimum absolute atomic E-state index is 0.0989. The lowest BCUT2D eigenvalue weighted by molar-refractivity contribution is -0.118. The van der Waals surface area contributed by atoms with E-state index in [0.717, 1.165) is 0 Å². The van der Waals surface area contributed by atoms with Gasteiger partial charge >= 0.3 is 0 Å². The number of aliphatic imine (C=N–C) groups is 1. The smallest absolute Gasteiger partial charge is 0.284 e. The summed E-state index contributed by atoms with van der Waals surface area (Å²) in [7, 11) is 0. The van der Waals surface area contributed by atoms with Crippen LogP contribution in [0.2, 0.25) is 0 Å². The van der Waals surface area contributed by atoms with Gasteiger partial charge in [0.25, 0.3) is 5.91 Å². The second kappa shape index (κ2) is 5.50. The van der Waals surface area contributed by atoms with Gasteiger partial charge in [-0.3, -0.25) is 9.59 Å². The molecule has 19 heavy (non-hydrogen) atoms. The maximum atomic E-state index is 12.1. The number of carbonyl (C=O) groups excluding carboxylic acids is 2. The van der Waals surface area contributed by atoms with Gasteiger partial charge in [-0.2, -0.15) is 4.99 Å². The van der Waals surface area contributed by atoms with Crippen LogP contribution >= 0.6 is 27.7 Å². The van der Waals surface area contributed by atoms with E-state index >= 15 is 0 Å². The molecule has 1 atom stereocenters. The Morgan fingerprint density at radius 2 is 2.16 bits per heavy atom. The fraction of sp³-hybridized carbons (Fsp3) is 0.417. The summed E-state index contributed by atoms with van der Waals surface area (Å²) >= 11 is 4.59. The molecule has 5 nitrogen and oxygen atoms in total. The average molecular weight is 345 g/mol. The van der Waals surface area contributed by atoms with E-state index in [1.165, 1.54) is 11.8 Å². The Balaban J connectivity index is 2.25. The highest BCUT2D eigenvalue weighted by atomic mass is 79.9. The van der Waals surface area contributed by atoms with Crippen LogP contribution in [-0.4, -0.2) is 22.2 Å². The normalized spacial score (nSPS) is 20.9. The molecule has 1 aromatic rings. The summed E-state index contributed by atoms with van der Waals surface area (Å²) in [5, 5.41) is 2.80. The number of furan rings is 1. The largest absolute Gasteiger partial charge is 0.465 e. The fourth-order valence-electron chi connectivity index (χ4n) is 1.78. The lowest BCUT2D eigenvalue weighted by Crippen LogP contribution is -2.24. The van der Waals surface area contributed by atoms with Crippen LogP contribution in [0.3, 0.4) is 0 Å². The molecule has 2 rings (SSSR count). The molecule has 1 N–H and O–H groups in total. The molecule has 0 bridgehead atoms. The van der Waals surface area contributed by atoms with Crippen molar-refractivity contribution in [2.75, 3.05) is 0 Å². The molecule has 2 amide bonds. The lowest BCUT2D eigenvalue weighted by Gasteiger charge is -1.97. The number of halogens is 1. The van der Waals surface area contributed by atoms with Gasteiger partial charge < -0.3 is 9.73 Å². The highest BCUT2D eigenvalue weighted by Gasteiger charge is 2.30. The maximum Gasteiger partial charge on any atom is 0.284 e. The Bertz CT molecular complexity index is 580. The van der Waals surface area contributed by atoms with Crippen molar-refractivity contribution in [1.29, 1.82) is 0 Å². The summed E-state index contributed by atoms with van der Waals surface area (Å²) in [4.78, 5) is 27.6. The first kappa shape index (κ1) is 14.3. The van der Waals surface area contributed by atoms with Crippen molar-refractivity contribution in [2.24, 2.45) is 4.99 Å². The molecule has 0 radical (unpaired) electrons. The summed E-state index contributed by atoms with van der Waals surface area (Å²) in [5.74, 6) is 0.634. The third-order valence-corrected chi connectivity index (χ3v) is 4.95. The highest BCUT2D eigenvalue weighted by Crippen LogP contribution is 2.29. The summed E-state index contributed by atoms with van der Waals surface area (Å²) in [6.45, 7) is 5.39. The van der Waals surface area contributed by atoms with E-state index in [1.54, 1.807) is 13.8 Å². The number of thioether (sulfide) groups is 1. The number of aryl methyl sites for hydroxylation is 2. The number of carbonyl (C=O) groups is 2. The topological polar surface area (TPSA) is 71.7 Å². The van der Waals surface area contributed by atoms with Crippen molar-refractivity contribution in [3.05, 3.63) is 21.6 Å². The van der Waals surface area contributed by atoms with E-state index in [1.807, 2.05) is 6.92 Å². The third-order valence-electron chi connectivity index (χ3n) is 2.75. The molecule has 2 heterocycles. The van der Waals surface area contributed by atoms with Gasteiger partial charge in [0.05, 0.1) is 15.3 Å². The van der Waals surface area contributed by atoms with E-state index in [-0.39, 0.29) is 11.2 Å². The molecule has 102 valence electrons. The van der Waals surface area contributed by atoms with Crippen molar-refractivity contribution in [3.8, 4) is 0 Å². The first-order chi connectivity index (χ1) is 8.93. The number of hydrogen-bond donors (Lipinski definition) is 1. The number of amides is 2. The quantitative estimate of drug-likeness (QED) is 0.895. The molecule has 1 aliphatic heterocycles. The molecule has 7 heteroatoms. The first-order valence-corrected chi connectivity index (χ1v) is 7.47. The fourth-order valence-corrected chi connectivity index (χ4v) is 3.20. The van der Waals surface area contributed by atoms with Crippen LogP contribution < -0.4 is 5.32 Å². The minimum Gasteiger partial charge on any atom is -0.465 e. The van der Waals surface area contributed by atoms with Crippen LogP contribution in [0.5, 0.6) is 0 Å². The molecule has 1 fully saturated rings. The Morgan fingerprint density at radius 3 is 2.63 bits per heavy atom. The average Bonchev–Trinajstić information content (AvgIpc) is 2.80. The molecule has 1 saturated heterocycles. The number of hydrogen-bond acceptors (Lipinski definition) is 4. The number of nitrogens with zero attached hydrogens (tertiary/aromatic N) is 1. The van der Waals surface area contributed by atoms with Crippen LogP contribution in [0, 0.1) is 13.8 Å². The molecule has 0 saturated carbocycles. The summed E-state index contributed by atoms with van der Waals surface area (Å²) in [6, 6.07) is 0. The van der Waals surface area contributed by atoms with Gasteiger partial charge in [0.2, 0.25) is 5.91 Å². The zero-order valence-corrected chi connectivity index (χ0v) is 13.1. The predicted octanol–water partition coefficient (Wildman–Crippen LogP) is 2.80. The van der Waals surface area contributed by atoms with Gasteiger partial charge in [-0.1, -0.05) is 18.7 Å². The summed E-state index contributed by atoms with van der Waals surface area (Å²) in [5.41, 5.74) is 0.403. The maximum absolute atomic E-state index is 12.1. The van der Waals surface area contributed by atoms with Crippen molar-refractivity contribution in [3.63, 3.8) is 0 Å². The van der Waals surface area contributed by atoms with Crippen molar-refractivity contribution in [2.45, 2.75) is 32.4 Å². The molecule has 0 aliphatic carbocycles. The number of amidine groups is 1. The Kier molecular flexibility index (Phi) is 4.15. The molecule has 1 aromatic heterocycles. The first-order valence-electron chi connectivity index (χ1n) is 5.80. The predicted molar refractivity (Wildman–Crippen MR) is 77.5 cm³/mol. The number of rotatable bonds is 2. The Morgan fingerprint density at radius 1 is 1.47 bits per heavy atom. The molecule has 0 aromatic carbocycles. The Labute approximate surface area is 123 Å². The third kappa shape index (κ3) is 2.76. The zero-order valence-electron chi connectivity index (χ0n) is 10.7. The summed E-state index contributed by atoms with van der Waals surface area (Å²) < 4.78 is 5.97. The number of nitrogens with one attached hydrogen (secondary N) is 1. The standard InChI is InChI=1S/C12H13BrN2O3S/c1-4-7-10(16)14-12(19-7)15-11(17)8-5(2)18-6(3)9(8)13/h7H,4H2,1-3H3,(H,14,15,16,17)/t7-/m1/s1. The van der Waals surface area contributed by atoms with Crippen molar-refractivity contribution >= 4 is 44.7 Å². The van der Waals surface area contributed by atoms with Crippen LogP contribution in [0.1, 0.15) is 35.2 Å².